The topological polar surface area (TPSA) is 77.8 Å². The van der Waals surface area contributed by atoms with Crippen molar-refractivity contribution in [2.45, 2.75) is 6.67 Å². The monoisotopic (exact) mass is 194 g/mol. The van der Waals surface area contributed by atoms with Gasteiger partial charge in [-0.25, -0.2) is 4.39 Å². The van der Waals surface area contributed by atoms with Crippen molar-refractivity contribution in [3.63, 3.8) is 0 Å². The summed E-state index contributed by atoms with van der Waals surface area (Å²) in [6.07, 6.45) is 1.41. The molecule has 0 radical (unpaired) electrons. The number of halogens is 1. The predicted molar refractivity (Wildman–Crippen MR) is 46.8 cm³/mol. The lowest BCUT2D eigenvalue weighted by Crippen LogP contribution is -1.88. The average Bonchev–Trinajstić information content (AvgIpc) is 2.65. The average molecular weight is 194 g/mol. The normalized spacial score (nSPS) is 10.4. The number of rotatable bonds is 2. The van der Waals surface area contributed by atoms with E-state index in [2.05, 4.69) is 15.1 Å². The van der Waals surface area contributed by atoms with Crippen molar-refractivity contribution < 1.29 is 8.91 Å². The van der Waals surface area contributed by atoms with Gasteiger partial charge in [-0.3, -0.25) is 4.98 Å². The lowest BCUT2D eigenvalue weighted by Gasteiger charge is -1.94. The Hall–Kier alpha value is -1.98. The van der Waals surface area contributed by atoms with Crippen LogP contribution in [0.1, 0.15) is 5.56 Å². The third kappa shape index (κ3) is 1.54. The molecule has 0 aliphatic rings. The summed E-state index contributed by atoms with van der Waals surface area (Å²) in [5, 5.41) is 3.41. The Balaban J connectivity index is 2.33. The van der Waals surface area contributed by atoms with Gasteiger partial charge in [-0.1, -0.05) is 6.07 Å². The van der Waals surface area contributed by atoms with Gasteiger partial charge in [-0.05, 0) is 11.2 Å². The molecule has 2 aromatic heterocycles. The maximum Gasteiger partial charge on any atom is 0.278 e. The van der Waals surface area contributed by atoms with Gasteiger partial charge in [0.25, 0.3) is 11.8 Å². The van der Waals surface area contributed by atoms with Crippen molar-refractivity contribution >= 4 is 5.95 Å². The van der Waals surface area contributed by atoms with Crippen LogP contribution in [-0.2, 0) is 6.67 Å². The molecular weight excluding hydrogens is 187 g/mol. The summed E-state index contributed by atoms with van der Waals surface area (Å²) in [7, 11) is 0. The molecule has 2 rings (SSSR count). The van der Waals surface area contributed by atoms with Crippen molar-refractivity contribution in [2.24, 2.45) is 0 Å². The van der Waals surface area contributed by atoms with Crippen molar-refractivity contribution in [2.75, 3.05) is 5.73 Å². The first kappa shape index (κ1) is 8.61. The highest BCUT2D eigenvalue weighted by Gasteiger charge is 2.07. The summed E-state index contributed by atoms with van der Waals surface area (Å²) in [4.78, 5) is 7.72. The van der Waals surface area contributed by atoms with Crippen LogP contribution in [0.5, 0.6) is 0 Å². The van der Waals surface area contributed by atoms with Crippen molar-refractivity contribution in [3.8, 4) is 11.6 Å². The molecule has 72 valence electrons. The van der Waals surface area contributed by atoms with E-state index in [1.165, 1.54) is 6.20 Å². The van der Waals surface area contributed by atoms with Gasteiger partial charge in [0.2, 0.25) is 0 Å². The minimum Gasteiger partial charge on any atom is -0.365 e. The molecule has 0 atom stereocenters. The third-order valence-corrected chi connectivity index (χ3v) is 1.64. The SMILES string of the molecule is Nc1noc(-c2ccc(CF)cn2)n1. The third-order valence-electron chi connectivity index (χ3n) is 1.64. The van der Waals surface area contributed by atoms with E-state index >= 15 is 0 Å². The lowest BCUT2D eigenvalue weighted by atomic mass is 10.2. The fourth-order valence-corrected chi connectivity index (χ4v) is 0.969. The minimum atomic E-state index is -0.542. The van der Waals surface area contributed by atoms with E-state index in [1.54, 1.807) is 12.1 Å². The van der Waals surface area contributed by atoms with E-state index in [-0.39, 0.29) is 11.8 Å². The van der Waals surface area contributed by atoms with Crippen LogP contribution in [-0.4, -0.2) is 15.1 Å². The van der Waals surface area contributed by atoms with Crippen LogP contribution in [0, 0.1) is 0 Å². The molecule has 2 heterocycles. The van der Waals surface area contributed by atoms with Gasteiger partial charge in [-0.2, -0.15) is 4.98 Å². The standard InChI is InChI=1S/C8H7FN4O/c9-3-5-1-2-6(11-4-5)7-12-8(10)13-14-7/h1-2,4H,3H2,(H2,10,13). The highest BCUT2D eigenvalue weighted by atomic mass is 19.1. The number of aromatic nitrogens is 3. The maximum absolute atomic E-state index is 12.2. The largest absolute Gasteiger partial charge is 0.365 e. The summed E-state index contributed by atoms with van der Waals surface area (Å²) in [5.74, 6) is 0.282. The summed E-state index contributed by atoms with van der Waals surface area (Å²) in [6.45, 7) is -0.542. The molecule has 2 aromatic rings. The van der Waals surface area contributed by atoms with Gasteiger partial charge in [-0.15, -0.1) is 0 Å². The summed E-state index contributed by atoms with van der Waals surface area (Å²) >= 11 is 0. The first-order chi connectivity index (χ1) is 6.79. The second kappa shape index (κ2) is 3.41. The van der Waals surface area contributed by atoms with E-state index in [0.29, 0.717) is 11.3 Å². The minimum absolute atomic E-state index is 0.0522. The fourth-order valence-electron chi connectivity index (χ4n) is 0.969. The lowest BCUT2D eigenvalue weighted by molar-refractivity contribution is 0.431. The van der Waals surface area contributed by atoms with Crippen molar-refractivity contribution in [1.29, 1.82) is 0 Å². The molecule has 2 N–H and O–H groups in total. The molecule has 6 heteroatoms. The van der Waals surface area contributed by atoms with E-state index in [9.17, 15) is 4.39 Å². The molecule has 5 nitrogen and oxygen atoms in total. The van der Waals surface area contributed by atoms with Gasteiger partial charge in [0.05, 0.1) is 0 Å². The van der Waals surface area contributed by atoms with Gasteiger partial charge < -0.3 is 10.3 Å². The number of hydrogen-bond donors (Lipinski definition) is 1. The quantitative estimate of drug-likeness (QED) is 0.776. The summed E-state index contributed by atoms with van der Waals surface area (Å²) in [6, 6.07) is 3.20. The van der Waals surface area contributed by atoms with E-state index in [1.807, 2.05) is 0 Å². The second-order valence-electron chi connectivity index (χ2n) is 2.64. The second-order valence-corrected chi connectivity index (χ2v) is 2.64. The number of nitrogen functional groups attached to an aromatic ring is 1. The van der Waals surface area contributed by atoms with Crippen molar-refractivity contribution in [1.82, 2.24) is 15.1 Å². The van der Waals surface area contributed by atoms with Crippen LogP contribution >= 0.6 is 0 Å². The van der Waals surface area contributed by atoms with Gasteiger partial charge in [0, 0.05) is 11.8 Å². The zero-order valence-corrected chi connectivity index (χ0v) is 7.14. The zero-order chi connectivity index (χ0) is 9.97. The first-order valence-electron chi connectivity index (χ1n) is 3.90. The van der Waals surface area contributed by atoms with Crippen LogP contribution in [0.4, 0.5) is 10.3 Å². The van der Waals surface area contributed by atoms with Crippen LogP contribution in [0.25, 0.3) is 11.6 Å². The van der Waals surface area contributed by atoms with Crippen LogP contribution in [0.2, 0.25) is 0 Å². The highest BCUT2D eigenvalue weighted by Crippen LogP contribution is 2.15. The predicted octanol–water partition coefficient (Wildman–Crippen LogP) is 1.18. The molecule has 0 spiro atoms. The summed E-state index contributed by atoms with van der Waals surface area (Å²) < 4.78 is 16.9. The van der Waals surface area contributed by atoms with Gasteiger partial charge in [0.1, 0.15) is 12.4 Å². The molecule has 0 aromatic carbocycles. The Morgan fingerprint density at radius 2 is 2.29 bits per heavy atom. The van der Waals surface area contributed by atoms with Crippen LogP contribution < -0.4 is 5.73 Å². The Bertz CT molecular complexity index is 425. The Labute approximate surface area is 78.8 Å². The Morgan fingerprint density at radius 1 is 1.43 bits per heavy atom. The van der Waals surface area contributed by atoms with Crippen LogP contribution in [0.15, 0.2) is 22.9 Å². The Morgan fingerprint density at radius 3 is 2.79 bits per heavy atom. The molecule has 0 bridgehead atoms. The molecular formula is C8H7FN4O. The maximum atomic E-state index is 12.2. The number of hydrogen-bond acceptors (Lipinski definition) is 5. The van der Waals surface area contributed by atoms with Gasteiger partial charge >= 0.3 is 0 Å². The molecule has 0 saturated heterocycles. The fraction of sp³-hybridized carbons (Fsp3) is 0.125. The Kier molecular flexibility index (Phi) is 2.10. The molecule has 0 unspecified atom stereocenters. The smallest absolute Gasteiger partial charge is 0.278 e. The van der Waals surface area contributed by atoms with Crippen LogP contribution in [0.3, 0.4) is 0 Å². The molecule has 0 saturated carbocycles. The molecule has 0 aliphatic carbocycles. The first-order valence-corrected chi connectivity index (χ1v) is 3.90. The van der Waals surface area contributed by atoms with E-state index in [4.69, 9.17) is 10.3 Å². The molecule has 14 heavy (non-hydrogen) atoms. The number of anilines is 1. The number of alkyl halides is 1. The molecule has 0 aliphatic heterocycles. The summed E-state index contributed by atoms with van der Waals surface area (Å²) in [5.41, 5.74) is 6.25. The highest BCUT2D eigenvalue weighted by molar-refractivity contribution is 5.47. The van der Waals surface area contributed by atoms with E-state index < -0.39 is 6.67 Å². The number of pyridine rings is 1. The van der Waals surface area contributed by atoms with Crippen molar-refractivity contribution in [3.05, 3.63) is 23.9 Å². The molecule has 0 amide bonds. The zero-order valence-electron chi connectivity index (χ0n) is 7.14. The number of nitrogens with zero attached hydrogens (tertiary/aromatic N) is 3. The van der Waals surface area contributed by atoms with Gasteiger partial charge in [0.15, 0.2) is 0 Å². The van der Waals surface area contributed by atoms with E-state index in [0.717, 1.165) is 0 Å². The number of nitrogens with two attached hydrogens (primary N) is 1. The molecule has 0 fully saturated rings.